The molecule has 0 radical (unpaired) electrons. The van der Waals surface area contributed by atoms with Crippen molar-refractivity contribution in [1.82, 2.24) is 9.88 Å². The van der Waals surface area contributed by atoms with Gasteiger partial charge in [-0.1, -0.05) is 13.0 Å². The fourth-order valence-corrected chi connectivity index (χ4v) is 5.27. The standard InChI is InChI=1S/C28H37N3O7/c1-17(33)28(2)16-31(27(35)23(34)15-32)14-22(28)18-4-8-24(36-3)25(10-18)38-21-12-30(13-21)26-9-7-20(11-29-26)37-19-5-6-19/h4,7-11,17,19,21-23,32-34H,5-6,12-16H2,1-3H3/t17?,22-,23?,28-/m0/s1. The minimum absolute atomic E-state index is 0.0483. The van der Waals surface area contributed by atoms with Crippen molar-refractivity contribution in [3.63, 3.8) is 0 Å². The molecular weight excluding hydrogens is 490 g/mol. The van der Waals surface area contributed by atoms with Crippen molar-refractivity contribution < 1.29 is 34.3 Å². The second-order valence-electron chi connectivity index (χ2n) is 10.9. The zero-order valence-electron chi connectivity index (χ0n) is 22.1. The Morgan fingerprint density at radius 3 is 2.47 bits per heavy atom. The maximum Gasteiger partial charge on any atom is 0.253 e. The summed E-state index contributed by atoms with van der Waals surface area (Å²) < 4.78 is 17.7. The highest BCUT2D eigenvalue weighted by atomic mass is 16.5. The largest absolute Gasteiger partial charge is 0.493 e. The van der Waals surface area contributed by atoms with Crippen LogP contribution in [-0.2, 0) is 4.79 Å². The number of aromatic nitrogens is 1. The third-order valence-electron chi connectivity index (χ3n) is 8.06. The van der Waals surface area contributed by atoms with Crippen molar-refractivity contribution >= 4 is 11.7 Å². The summed E-state index contributed by atoms with van der Waals surface area (Å²) in [7, 11) is 1.59. The van der Waals surface area contributed by atoms with E-state index >= 15 is 0 Å². The van der Waals surface area contributed by atoms with E-state index in [0.29, 0.717) is 37.2 Å². The van der Waals surface area contributed by atoms with E-state index in [4.69, 9.17) is 14.2 Å². The van der Waals surface area contributed by atoms with Gasteiger partial charge in [0.1, 0.15) is 17.7 Å². The van der Waals surface area contributed by atoms with Gasteiger partial charge in [-0.15, -0.1) is 0 Å². The van der Waals surface area contributed by atoms with Gasteiger partial charge in [0.2, 0.25) is 0 Å². The van der Waals surface area contributed by atoms with Crippen molar-refractivity contribution in [3.05, 3.63) is 42.1 Å². The van der Waals surface area contributed by atoms with E-state index in [9.17, 15) is 20.1 Å². The third-order valence-corrected chi connectivity index (χ3v) is 8.06. The number of rotatable bonds is 10. The fraction of sp³-hybridized carbons (Fsp3) is 0.571. The van der Waals surface area contributed by atoms with E-state index < -0.39 is 30.1 Å². The molecule has 1 amide bonds. The lowest BCUT2D eigenvalue weighted by Gasteiger charge is -2.40. The molecule has 0 bridgehead atoms. The predicted molar refractivity (Wildman–Crippen MR) is 140 cm³/mol. The summed E-state index contributed by atoms with van der Waals surface area (Å²) in [6.45, 7) is 4.95. The Hall–Kier alpha value is -3.08. The first-order chi connectivity index (χ1) is 18.2. The molecule has 5 rings (SSSR count). The lowest BCUT2D eigenvalue weighted by atomic mass is 9.72. The van der Waals surface area contributed by atoms with Crippen molar-refractivity contribution in [2.75, 3.05) is 44.8 Å². The second-order valence-corrected chi connectivity index (χ2v) is 10.9. The summed E-state index contributed by atoms with van der Waals surface area (Å²) in [6, 6.07) is 9.61. The summed E-state index contributed by atoms with van der Waals surface area (Å²) in [5, 5.41) is 29.8. The monoisotopic (exact) mass is 527 g/mol. The van der Waals surface area contributed by atoms with Crippen LogP contribution in [0.4, 0.5) is 5.82 Å². The molecule has 1 aromatic carbocycles. The molecule has 1 aliphatic carbocycles. The number of nitrogens with zero attached hydrogens (tertiary/aromatic N) is 3. The molecule has 10 heteroatoms. The van der Waals surface area contributed by atoms with Gasteiger partial charge in [0.05, 0.1) is 45.2 Å². The number of likely N-dealkylation sites (tertiary alicyclic amines) is 1. The maximum absolute atomic E-state index is 12.6. The maximum atomic E-state index is 12.6. The number of methoxy groups -OCH3 is 1. The molecule has 3 fully saturated rings. The number of amides is 1. The van der Waals surface area contributed by atoms with Crippen LogP contribution in [0.15, 0.2) is 36.5 Å². The van der Waals surface area contributed by atoms with E-state index in [1.165, 1.54) is 4.90 Å². The van der Waals surface area contributed by atoms with Crippen LogP contribution in [0.2, 0.25) is 0 Å². The predicted octanol–water partition coefficient (Wildman–Crippen LogP) is 1.57. The zero-order valence-corrected chi connectivity index (χ0v) is 22.1. The Morgan fingerprint density at radius 2 is 1.87 bits per heavy atom. The molecule has 4 atom stereocenters. The number of ether oxygens (including phenoxy) is 3. The van der Waals surface area contributed by atoms with E-state index in [-0.39, 0.29) is 18.6 Å². The Balaban J connectivity index is 1.27. The van der Waals surface area contributed by atoms with E-state index in [1.54, 1.807) is 20.2 Å². The molecule has 3 heterocycles. The number of aliphatic hydroxyl groups excluding tert-OH is 3. The number of benzene rings is 1. The average molecular weight is 528 g/mol. The summed E-state index contributed by atoms with van der Waals surface area (Å²) in [5.74, 6) is 2.14. The lowest BCUT2D eigenvalue weighted by molar-refractivity contribution is -0.141. The van der Waals surface area contributed by atoms with Crippen molar-refractivity contribution in [2.45, 2.75) is 57.0 Å². The molecular formula is C28H37N3O7. The van der Waals surface area contributed by atoms with Gasteiger partial charge in [-0.25, -0.2) is 4.98 Å². The SMILES string of the molecule is COc1ccc([C@@H]2CN(C(=O)C(O)CO)C[C@@]2(C)C(C)O)cc1OC1CN(c2ccc(OC3CC3)cn2)C1. The number of pyridine rings is 1. The van der Waals surface area contributed by atoms with Gasteiger partial charge in [-0.2, -0.15) is 0 Å². The number of anilines is 1. The number of hydrogen-bond donors (Lipinski definition) is 3. The Bertz CT molecular complexity index is 1130. The number of carbonyl (C=O) groups excluding carboxylic acids is 1. The smallest absolute Gasteiger partial charge is 0.253 e. The van der Waals surface area contributed by atoms with Gasteiger partial charge in [-0.05, 0) is 49.6 Å². The molecule has 0 spiro atoms. The van der Waals surface area contributed by atoms with Crippen LogP contribution >= 0.6 is 0 Å². The molecule has 1 saturated carbocycles. The molecule has 3 N–H and O–H groups in total. The summed E-state index contributed by atoms with van der Waals surface area (Å²) >= 11 is 0. The zero-order chi connectivity index (χ0) is 27.0. The number of aliphatic hydroxyl groups is 3. The molecule has 206 valence electrons. The Morgan fingerprint density at radius 1 is 1.11 bits per heavy atom. The van der Waals surface area contributed by atoms with Crippen LogP contribution in [0, 0.1) is 5.41 Å². The molecule has 10 nitrogen and oxygen atoms in total. The minimum Gasteiger partial charge on any atom is -0.493 e. The molecule has 2 unspecified atom stereocenters. The molecule has 1 aromatic heterocycles. The van der Waals surface area contributed by atoms with Crippen molar-refractivity contribution in [1.29, 1.82) is 0 Å². The highest BCUT2D eigenvalue weighted by Crippen LogP contribution is 2.47. The van der Waals surface area contributed by atoms with Crippen molar-refractivity contribution in [3.8, 4) is 17.2 Å². The van der Waals surface area contributed by atoms with Crippen LogP contribution in [0.1, 0.15) is 38.2 Å². The van der Waals surface area contributed by atoms with Crippen LogP contribution in [0.5, 0.6) is 17.2 Å². The average Bonchev–Trinajstić information content (AvgIpc) is 3.64. The number of carbonyl (C=O) groups is 1. The molecule has 38 heavy (non-hydrogen) atoms. The Kier molecular flexibility index (Phi) is 7.39. The van der Waals surface area contributed by atoms with Gasteiger partial charge < -0.3 is 39.3 Å². The van der Waals surface area contributed by atoms with Gasteiger partial charge in [0, 0.05) is 24.4 Å². The quantitative estimate of drug-likeness (QED) is 0.422. The lowest BCUT2D eigenvalue weighted by Crippen LogP contribution is -2.54. The minimum atomic E-state index is -1.47. The second kappa shape index (κ2) is 10.6. The fourth-order valence-electron chi connectivity index (χ4n) is 5.27. The van der Waals surface area contributed by atoms with Gasteiger partial charge in [0.25, 0.3) is 5.91 Å². The summed E-state index contributed by atoms with van der Waals surface area (Å²) in [5.41, 5.74) is 0.257. The van der Waals surface area contributed by atoms with E-state index in [2.05, 4.69) is 9.88 Å². The molecule has 2 aromatic rings. The highest BCUT2D eigenvalue weighted by Gasteiger charge is 2.49. The first-order valence-electron chi connectivity index (χ1n) is 13.2. The third kappa shape index (κ3) is 5.25. The number of hydrogen-bond acceptors (Lipinski definition) is 9. The first kappa shape index (κ1) is 26.5. The topological polar surface area (TPSA) is 125 Å². The van der Waals surface area contributed by atoms with E-state index in [1.807, 2.05) is 37.3 Å². The van der Waals surface area contributed by atoms with E-state index in [0.717, 1.165) is 30.0 Å². The van der Waals surface area contributed by atoms with Gasteiger partial charge in [-0.3, -0.25) is 4.79 Å². The first-order valence-corrected chi connectivity index (χ1v) is 13.2. The van der Waals surface area contributed by atoms with Crippen LogP contribution < -0.4 is 19.1 Å². The van der Waals surface area contributed by atoms with Crippen LogP contribution in [0.3, 0.4) is 0 Å². The molecule has 3 aliphatic rings. The Labute approximate surface area is 222 Å². The highest BCUT2D eigenvalue weighted by molar-refractivity contribution is 5.81. The van der Waals surface area contributed by atoms with Gasteiger partial charge >= 0.3 is 0 Å². The summed E-state index contributed by atoms with van der Waals surface area (Å²) in [6.07, 6.45) is 2.10. The van der Waals surface area contributed by atoms with Crippen LogP contribution in [0.25, 0.3) is 0 Å². The van der Waals surface area contributed by atoms with Crippen molar-refractivity contribution in [2.24, 2.45) is 5.41 Å². The molecule has 2 aliphatic heterocycles. The normalized spacial score (nSPS) is 25.1. The van der Waals surface area contributed by atoms with Gasteiger partial charge in [0.15, 0.2) is 17.6 Å². The summed E-state index contributed by atoms with van der Waals surface area (Å²) in [4.78, 5) is 20.8. The molecule has 2 saturated heterocycles. The van der Waals surface area contributed by atoms with Crippen LogP contribution in [-0.4, -0.2) is 95.4 Å².